The van der Waals surface area contributed by atoms with E-state index in [9.17, 15) is 4.79 Å². The summed E-state index contributed by atoms with van der Waals surface area (Å²) in [6, 6.07) is 8.56. The molecule has 0 spiro atoms. The second-order valence-electron chi connectivity index (χ2n) is 6.09. The molecule has 1 amide bonds. The van der Waals surface area contributed by atoms with Crippen LogP contribution in [0.1, 0.15) is 42.3 Å². The van der Waals surface area contributed by atoms with Gasteiger partial charge in [-0.25, -0.2) is 0 Å². The normalized spacial score (nSPS) is 19.1. The molecule has 1 atom stereocenters. The van der Waals surface area contributed by atoms with Crippen LogP contribution in [-0.4, -0.2) is 36.5 Å². The van der Waals surface area contributed by atoms with Gasteiger partial charge in [0, 0.05) is 29.2 Å². The lowest BCUT2D eigenvalue weighted by Gasteiger charge is -2.35. The van der Waals surface area contributed by atoms with Crippen LogP contribution in [0.5, 0.6) is 0 Å². The molecule has 2 heterocycles. The molecular weight excluding hydrogens is 328 g/mol. The molecule has 1 unspecified atom stereocenters. The SMILES string of the molecule is CCC1CCCCN1CCNC(=O)c1sc2ccccc2c1Cl. The Kier molecular flexibility index (Phi) is 5.57. The molecule has 0 saturated carbocycles. The number of likely N-dealkylation sites (tertiary alicyclic amines) is 1. The minimum Gasteiger partial charge on any atom is -0.350 e. The number of nitrogens with one attached hydrogen (secondary N) is 1. The van der Waals surface area contributed by atoms with Crippen molar-refractivity contribution in [1.29, 1.82) is 0 Å². The molecule has 5 heteroatoms. The maximum absolute atomic E-state index is 12.4. The summed E-state index contributed by atoms with van der Waals surface area (Å²) in [7, 11) is 0. The van der Waals surface area contributed by atoms with Crippen molar-refractivity contribution in [2.75, 3.05) is 19.6 Å². The minimum atomic E-state index is -0.0544. The van der Waals surface area contributed by atoms with Crippen LogP contribution in [0.25, 0.3) is 10.1 Å². The summed E-state index contributed by atoms with van der Waals surface area (Å²) in [5, 5.41) is 4.58. The van der Waals surface area contributed by atoms with Crippen molar-refractivity contribution in [3.8, 4) is 0 Å². The Morgan fingerprint density at radius 3 is 3.00 bits per heavy atom. The van der Waals surface area contributed by atoms with Gasteiger partial charge < -0.3 is 5.32 Å². The third kappa shape index (κ3) is 3.70. The van der Waals surface area contributed by atoms with E-state index in [4.69, 9.17) is 11.6 Å². The molecule has 1 aliphatic heterocycles. The van der Waals surface area contributed by atoms with Crippen LogP contribution < -0.4 is 5.32 Å². The summed E-state index contributed by atoms with van der Waals surface area (Å²) >= 11 is 7.83. The van der Waals surface area contributed by atoms with E-state index in [0.717, 1.165) is 23.2 Å². The van der Waals surface area contributed by atoms with E-state index in [1.165, 1.54) is 37.0 Å². The summed E-state index contributed by atoms with van der Waals surface area (Å²) < 4.78 is 1.06. The summed E-state index contributed by atoms with van der Waals surface area (Å²) in [5.74, 6) is -0.0544. The molecule has 1 aromatic heterocycles. The third-order valence-electron chi connectivity index (χ3n) is 4.65. The predicted octanol–water partition coefficient (Wildman–Crippen LogP) is 4.55. The summed E-state index contributed by atoms with van der Waals surface area (Å²) in [6.45, 7) is 5.00. The predicted molar refractivity (Wildman–Crippen MR) is 98.7 cm³/mol. The number of halogens is 1. The highest BCUT2D eigenvalue weighted by atomic mass is 35.5. The number of hydrogen-bond acceptors (Lipinski definition) is 3. The van der Waals surface area contributed by atoms with Gasteiger partial charge >= 0.3 is 0 Å². The Bertz CT molecular complexity index is 685. The number of amides is 1. The number of carbonyl (C=O) groups excluding carboxylic acids is 1. The number of fused-ring (bicyclic) bond motifs is 1. The third-order valence-corrected chi connectivity index (χ3v) is 6.32. The average molecular weight is 351 g/mol. The van der Waals surface area contributed by atoms with Crippen LogP contribution in [0.4, 0.5) is 0 Å². The average Bonchev–Trinajstić information content (AvgIpc) is 2.92. The first-order valence-corrected chi connectivity index (χ1v) is 9.59. The fourth-order valence-corrected chi connectivity index (χ4v) is 4.80. The van der Waals surface area contributed by atoms with Crippen molar-refractivity contribution in [1.82, 2.24) is 10.2 Å². The Morgan fingerprint density at radius 2 is 2.22 bits per heavy atom. The highest BCUT2D eigenvalue weighted by Crippen LogP contribution is 2.34. The van der Waals surface area contributed by atoms with Gasteiger partial charge in [0.25, 0.3) is 5.91 Å². The smallest absolute Gasteiger partial charge is 0.262 e. The standard InChI is InChI=1S/C18H23ClN2OS/c1-2-13-7-5-6-11-21(13)12-10-20-18(22)17-16(19)14-8-3-4-9-15(14)23-17/h3-4,8-9,13H,2,5-7,10-12H2,1H3,(H,20,22). The molecule has 124 valence electrons. The van der Waals surface area contributed by atoms with Gasteiger partial charge in [-0.1, -0.05) is 43.1 Å². The van der Waals surface area contributed by atoms with E-state index in [1.807, 2.05) is 24.3 Å². The number of hydrogen-bond donors (Lipinski definition) is 1. The van der Waals surface area contributed by atoms with E-state index in [2.05, 4.69) is 17.1 Å². The zero-order valence-corrected chi connectivity index (χ0v) is 15.1. The fraction of sp³-hybridized carbons (Fsp3) is 0.500. The van der Waals surface area contributed by atoms with Crippen LogP contribution in [-0.2, 0) is 0 Å². The number of rotatable bonds is 5. The van der Waals surface area contributed by atoms with E-state index in [0.29, 0.717) is 22.5 Å². The number of thiophene rings is 1. The van der Waals surface area contributed by atoms with Crippen LogP contribution in [0.2, 0.25) is 5.02 Å². The van der Waals surface area contributed by atoms with Crippen LogP contribution in [0.15, 0.2) is 24.3 Å². The van der Waals surface area contributed by atoms with Crippen LogP contribution in [0.3, 0.4) is 0 Å². The Balaban J connectivity index is 1.59. The lowest BCUT2D eigenvalue weighted by Crippen LogP contribution is -2.43. The zero-order valence-electron chi connectivity index (χ0n) is 13.5. The van der Waals surface area contributed by atoms with Gasteiger partial charge in [-0.2, -0.15) is 0 Å². The highest BCUT2D eigenvalue weighted by Gasteiger charge is 2.21. The molecule has 0 aliphatic carbocycles. The number of nitrogens with zero attached hydrogens (tertiary/aromatic N) is 1. The van der Waals surface area contributed by atoms with Gasteiger partial charge in [0.15, 0.2) is 0 Å². The molecule has 1 saturated heterocycles. The van der Waals surface area contributed by atoms with Gasteiger partial charge in [0.05, 0.1) is 5.02 Å². The van der Waals surface area contributed by atoms with Crippen molar-refractivity contribution in [3.63, 3.8) is 0 Å². The first-order valence-electron chi connectivity index (χ1n) is 8.40. The second-order valence-corrected chi connectivity index (χ2v) is 7.52. The first-order chi connectivity index (χ1) is 11.2. The molecule has 2 aromatic rings. The van der Waals surface area contributed by atoms with E-state index in [-0.39, 0.29) is 5.91 Å². The summed E-state index contributed by atoms with van der Waals surface area (Å²) in [4.78, 5) is 15.6. The van der Waals surface area contributed by atoms with Crippen LogP contribution >= 0.6 is 22.9 Å². The highest BCUT2D eigenvalue weighted by molar-refractivity contribution is 7.21. The molecular formula is C18H23ClN2OS. The topological polar surface area (TPSA) is 32.3 Å². The number of benzene rings is 1. The molecule has 1 fully saturated rings. The van der Waals surface area contributed by atoms with Crippen LogP contribution in [0, 0.1) is 0 Å². The first kappa shape index (κ1) is 16.7. The molecule has 0 bridgehead atoms. The lowest BCUT2D eigenvalue weighted by atomic mass is 10.0. The van der Waals surface area contributed by atoms with Gasteiger partial charge in [0.1, 0.15) is 4.88 Å². The minimum absolute atomic E-state index is 0.0544. The van der Waals surface area contributed by atoms with Gasteiger partial charge in [0.2, 0.25) is 0 Å². The van der Waals surface area contributed by atoms with Crippen molar-refractivity contribution >= 4 is 38.9 Å². The second kappa shape index (κ2) is 7.65. The Hall–Kier alpha value is -1.10. The van der Waals surface area contributed by atoms with E-state index >= 15 is 0 Å². The molecule has 3 rings (SSSR count). The number of carbonyl (C=O) groups is 1. The van der Waals surface area contributed by atoms with Crippen molar-refractivity contribution in [3.05, 3.63) is 34.2 Å². The molecule has 1 N–H and O–H groups in total. The fourth-order valence-electron chi connectivity index (χ4n) is 3.37. The largest absolute Gasteiger partial charge is 0.350 e. The quantitative estimate of drug-likeness (QED) is 0.858. The lowest BCUT2D eigenvalue weighted by molar-refractivity contribution is 0.0938. The maximum Gasteiger partial charge on any atom is 0.262 e. The van der Waals surface area contributed by atoms with Crippen molar-refractivity contribution in [2.24, 2.45) is 0 Å². The summed E-state index contributed by atoms with van der Waals surface area (Å²) in [5.41, 5.74) is 0. The van der Waals surface area contributed by atoms with E-state index in [1.54, 1.807) is 0 Å². The zero-order chi connectivity index (χ0) is 16.2. The van der Waals surface area contributed by atoms with Crippen molar-refractivity contribution in [2.45, 2.75) is 38.6 Å². The van der Waals surface area contributed by atoms with Gasteiger partial charge in [-0.3, -0.25) is 9.69 Å². The van der Waals surface area contributed by atoms with Gasteiger partial charge in [-0.15, -0.1) is 11.3 Å². The number of piperidine rings is 1. The Labute approximate surface area is 146 Å². The molecule has 3 nitrogen and oxygen atoms in total. The molecule has 1 aromatic carbocycles. The molecule has 1 aliphatic rings. The molecule has 0 radical (unpaired) electrons. The maximum atomic E-state index is 12.4. The monoisotopic (exact) mass is 350 g/mol. The summed E-state index contributed by atoms with van der Waals surface area (Å²) in [6.07, 6.45) is 5.08. The Morgan fingerprint density at radius 1 is 1.39 bits per heavy atom. The van der Waals surface area contributed by atoms with E-state index < -0.39 is 0 Å². The van der Waals surface area contributed by atoms with Crippen molar-refractivity contribution < 1.29 is 4.79 Å². The molecule has 23 heavy (non-hydrogen) atoms. The van der Waals surface area contributed by atoms with Gasteiger partial charge in [-0.05, 0) is 31.9 Å².